The van der Waals surface area contributed by atoms with Crippen molar-refractivity contribution in [1.29, 1.82) is 0 Å². The third-order valence-corrected chi connectivity index (χ3v) is 13.4. The lowest BCUT2D eigenvalue weighted by Crippen LogP contribution is -2.49. The molecule has 4 fully saturated rings. The van der Waals surface area contributed by atoms with Gasteiger partial charge in [0.05, 0.1) is 0 Å². The lowest BCUT2D eigenvalue weighted by Gasteiger charge is -2.36. The van der Waals surface area contributed by atoms with Crippen molar-refractivity contribution >= 4 is 22.7 Å². The van der Waals surface area contributed by atoms with Gasteiger partial charge in [0.1, 0.15) is 0 Å². The number of anilines is 4. The van der Waals surface area contributed by atoms with Crippen molar-refractivity contribution in [3.05, 3.63) is 119 Å². The molecule has 8 nitrogen and oxygen atoms in total. The van der Waals surface area contributed by atoms with Crippen LogP contribution in [-0.2, 0) is 25.7 Å². The number of hydrogen-bond donors (Lipinski definition) is 4. The summed E-state index contributed by atoms with van der Waals surface area (Å²) < 4.78 is 0. The predicted octanol–water partition coefficient (Wildman–Crippen LogP) is 10.7. The standard InChI is InChI=1S/4C15H24N2/c2*1-12(2)9-14-5-4-6-15(10-14)17-8-7-16-13(3)11-17;2*1-12(2)9-14-5-4-6-15(10-14)17-8-7-16-11-13(17)3/h4*4-6,10,12-13,16H,7-9,11H2,1-3H3/t4*13-/m1010/s1. The molecule has 0 aromatic heterocycles. The van der Waals surface area contributed by atoms with E-state index in [1.807, 2.05) is 0 Å². The second-order valence-electron chi connectivity index (χ2n) is 22.2. The zero-order valence-corrected chi connectivity index (χ0v) is 45.0. The van der Waals surface area contributed by atoms with Crippen LogP contribution in [0.5, 0.6) is 0 Å². The van der Waals surface area contributed by atoms with Gasteiger partial charge in [0.2, 0.25) is 0 Å². The SMILES string of the molecule is CC(C)Cc1cccc(N2CCNC[C@@H]2C)c1.CC(C)Cc1cccc(N2CCNC[C@H]2C)c1.CC(C)Cc1cccc(N2CCN[C@@H](C)C2)c1.CC(C)Cc1cccc(N2CCN[C@H](C)C2)c1. The fraction of sp³-hybridized carbons (Fsp3) is 0.600. The molecule has 0 amide bonds. The van der Waals surface area contributed by atoms with E-state index in [-0.39, 0.29) is 0 Å². The lowest BCUT2D eigenvalue weighted by atomic mass is 10.0. The molecule has 0 spiro atoms. The van der Waals surface area contributed by atoms with Crippen molar-refractivity contribution < 1.29 is 0 Å². The highest BCUT2D eigenvalue weighted by molar-refractivity contribution is 5.52. The number of benzene rings is 4. The van der Waals surface area contributed by atoms with E-state index in [1.165, 1.54) is 70.7 Å². The van der Waals surface area contributed by atoms with Crippen LogP contribution < -0.4 is 40.9 Å². The summed E-state index contributed by atoms with van der Waals surface area (Å²) in [5, 5.41) is 13.9. The molecule has 4 N–H and O–H groups in total. The van der Waals surface area contributed by atoms with E-state index >= 15 is 0 Å². The minimum Gasteiger partial charge on any atom is -0.369 e. The van der Waals surface area contributed by atoms with Gasteiger partial charge in [-0.15, -0.1) is 0 Å². The van der Waals surface area contributed by atoms with Crippen molar-refractivity contribution in [3.63, 3.8) is 0 Å². The van der Waals surface area contributed by atoms with E-state index in [9.17, 15) is 0 Å². The molecule has 8 heteroatoms. The first-order valence-electron chi connectivity index (χ1n) is 26.9. The van der Waals surface area contributed by atoms with E-state index in [1.54, 1.807) is 0 Å². The lowest BCUT2D eigenvalue weighted by molar-refractivity contribution is 0.484. The van der Waals surface area contributed by atoms with E-state index in [0.29, 0.717) is 24.2 Å². The molecule has 4 atom stereocenters. The fourth-order valence-electron chi connectivity index (χ4n) is 10.2. The minimum absolute atomic E-state index is 0.595. The molecular formula is C60H96N8. The minimum atomic E-state index is 0.595. The highest BCUT2D eigenvalue weighted by Crippen LogP contribution is 2.24. The zero-order chi connectivity index (χ0) is 49.0. The van der Waals surface area contributed by atoms with Crippen molar-refractivity contribution in [2.24, 2.45) is 23.7 Å². The maximum absolute atomic E-state index is 3.49. The van der Waals surface area contributed by atoms with Gasteiger partial charge in [0.15, 0.2) is 0 Å². The van der Waals surface area contributed by atoms with Gasteiger partial charge in [-0.1, -0.05) is 104 Å². The van der Waals surface area contributed by atoms with Crippen LogP contribution in [0.15, 0.2) is 97.1 Å². The van der Waals surface area contributed by atoms with Gasteiger partial charge in [-0.05, 0) is 148 Å². The van der Waals surface area contributed by atoms with Gasteiger partial charge in [-0.3, -0.25) is 0 Å². The second-order valence-corrected chi connectivity index (χ2v) is 22.2. The molecule has 4 aliphatic rings. The summed E-state index contributed by atoms with van der Waals surface area (Å²) in [6, 6.07) is 38.5. The quantitative estimate of drug-likeness (QED) is 0.112. The first-order valence-corrected chi connectivity index (χ1v) is 26.9. The number of piperazine rings is 4. The summed E-state index contributed by atoms with van der Waals surface area (Å²) in [4.78, 5) is 10.0. The van der Waals surface area contributed by atoms with Gasteiger partial charge < -0.3 is 40.9 Å². The van der Waals surface area contributed by atoms with Crippen molar-refractivity contribution in [1.82, 2.24) is 21.3 Å². The molecular weight excluding hydrogens is 833 g/mol. The normalized spacial score (nSPS) is 20.9. The van der Waals surface area contributed by atoms with Crippen molar-refractivity contribution in [3.8, 4) is 0 Å². The highest BCUT2D eigenvalue weighted by atomic mass is 15.2. The molecule has 4 aromatic carbocycles. The Morgan fingerprint density at radius 3 is 1.01 bits per heavy atom. The van der Waals surface area contributed by atoms with Gasteiger partial charge in [0, 0.05) is 125 Å². The predicted molar refractivity (Wildman–Crippen MR) is 299 cm³/mol. The summed E-state index contributed by atoms with van der Waals surface area (Å²) in [6.07, 6.45) is 4.70. The molecule has 0 bridgehead atoms. The fourth-order valence-corrected chi connectivity index (χ4v) is 10.2. The summed E-state index contributed by atoms with van der Waals surface area (Å²) in [5.41, 5.74) is 11.4. The molecule has 4 heterocycles. The highest BCUT2D eigenvalue weighted by Gasteiger charge is 2.21. The van der Waals surface area contributed by atoms with Gasteiger partial charge in [-0.25, -0.2) is 0 Å². The zero-order valence-electron chi connectivity index (χ0n) is 45.0. The van der Waals surface area contributed by atoms with E-state index in [4.69, 9.17) is 0 Å². The monoisotopic (exact) mass is 929 g/mol. The molecule has 8 rings (SSSR count). The van der Waals surface area contributed by atoms with Gasteiger partial charge in [-0.2, -0.15) is 0 Å². The average Bonchev–Trinajstić information content (AvgIpc) is 3.30. The summed E-state index contributed by atoms with van der Waals surface area (Å²) >= 11 is 0. The number of nitrogens with one attached hydrogen (secondary N) is 4. The molecule has 0 unspecified atom stereocenters. The Morgan fingerprint density at radius 1 is 0.412 bits per heavy atom. The maximum Gasteiger partial charge on any atom is 0.0386 e. The van der Waals surface area contributed by atoms with Gasteiger partial charge >= 0.3 is 0 Å². The van der Waals surface area contributed by atoms with E-state index in [2.05, 4.69) is 221 Å². The van der Waals surface area contributed by atoms with Crippen LogP contribution >= 0.6 is 0 Å². The van der Waals surface area contributed by atoms with Crippen LogP contribution in [0.25, 0.3) is 0 Å². The number of rotatable bonds is 12. The molecule has 4 saturated heterocycles. The molecule has 376 valence electrons. The van der Waals surface area contributed by atoms with Gasteiger partial charge in [0.25, 0.3) is 0 Å². The summed E-state index contributed by atoms with van der Waals surface area (Å²) in [7, 11) is 0. The van der Waals surface area contributed by atoms with Crippen LogP contribution in [-0.4, -0.2) is 103 Å². The Bertz CT molecular complexity index is 1870. The third-order valence-electron chi connectivity index (χ3n) is 13.4. The Morgan fingerprint density at radius 2 is 0.721 bits per heavy atom. The van der Waals surface area contributed by atoms with Crippen molar-refractivity contribution in [2.75, 3.05) is 98.1 Å². The summed E-state index contributed by atoms with van der Waals surface area (Å²) in [5.74, 6) is 2.91. The largest absolute Gasteiger partial charge is 0.369 e. The Kier molecular flexibility index (Phi) is 23.0. The first kappa shape index (κ1) is 54.9. The third kappa shape index (κ3) is 19.0. The average molecular weight is 929 g/mol. The molecule has 0 saturated carbocycles. The van der Waals surface area contributed by atoms with Crippen LogP contribution in [0.4, 0.5) is 22.7 Å². The molecule has 4 aliphatic heterocycles. The molecule has 68 heavy (non-hydrogen) atoms. The van der Waals surface area contributed by atoms with Crippen LogP contribution in [0.1, 0.15) is 105 Å². The Hall–Kier alpha value is -4.08. The van der Waals surface area contributed by atoms with Crippen molar-refractivity contribution in [2.45, 2.75) is 133 Å². The van der Waals surface area contributed by atoms with Crippen LogP contribution in [0.3, 0.4) is 0 Å². The molecule has 0 radical (unpaired) electrons. The molecule has 0 aliphatic carbocycles. The van der Waals surface area contributed by atoms with E-state index < -0.39 is 0 Å². The van der Waals surface area contributed by atoms with E-state index in [0.717, 1.165) is 102 Å². The second kappa shape index (κ2) is 28.6. The number of nitrogens with zero attached hydrogens (tertiary/aromatic N) is 4. The molecule has 4 aromatic rings. The van der Waals surface area contributed by atoms with Crippen LogP contribution in [0.2, 0.25) is 0 Å². The summed E-state index contributed by atoms with van der Waals surface area (Å²) in [6.45, 7) is 40.6. The number of hydrogen-bond acceptors (Lipinski definition) is 8. The first-order chi connectivity index (χ1) is 32.6. The Balaban J connectivity index is 0.000000169. The van der Waals surface area contributed by atoms with Crippen LogP contribution in [0, 0.1) is 23.7 Å². The topological polar surface area (TPSA) is 61.1 Å². The smallest absolute Gasteiger partial charge is 0.0386 e. The maximum atomic E-state index is 3.49. The Labute approximate surface area is 416 Å².